The fraction of sp³-hybridized carbons (Fsp3) is 0.148. The predicted molar refractivity (Wildman–Crippen MR) is 128 cm³/mol. The number of carbonyl (C=O) groups is 1. The fourth-order valence-corrected chi connectivity index (χ4v) is 3.88. The van der Waals surface area contributed by atoms with E-state index >= 15 is 0 Å². The van der Waals surface area contributed by atoms with E-state index in [0.29, 0.717) is 17.1 Å². The third-order valence-electron chi connectivity index (χ3n) is 5.47. The summed E-state index contributed by atoms with van der Waals surface area (Å²) >= 11 is 6.10. The van der Waals surface area contributed by atoms with Crippen LogP contribution in [0, 0.1) is 13.8 Å². The highest BCUT2D eigenvalue weighted by molar-refractivity contribution is 6.30. The second-order valence-corrected chi connectivity index (χ2v) is 8.13. The highest BCUT2D eigenvalue weighted by atomic mass is 35.5. The summed E-state index contributed by atoms with van der Waals surface area (Å²) in [5.74, 6) is -0.0606. The van der Waals surface area contributed by atoms with Gasteiger partial charge in [-0.3, -0.25) is 4.79 Å². The Morgan fingerprint density at radius 1 is 0.903 bits per heavy atom. The number of rotatable bonds is 6. The zero-order valence-corrected chi connectivity index (χ0v) is 18.5. The van der Waals surface area contributed by atoms with Crippen LogP contribution >= 0.6 is 11.6 Å². The van der Waals surface area contributed by atoms with Crippen LogP contribution in [0.1, 0.15) is 27.2 Å². The van der Waals surface area contributed by atoms with E-state index < -0.39 is 0 Å². The van der Waals surface area contributed by atoms with Crippen molar-refractivity contribution in [3.63, 3.8) is 0 Å². The maximum absolute atomic E-state index is 13.0. The van der Waals surface area contributed by atoms with Gasteiger partial charge in [0.2, 0.25) is 0 Å². The van der Waals surface area contributed by atoms with Crippen LogP contribution in [0.25, 0.3) is 16.9 Å². The molecule has 1 heterocycles. The van der Waals surface area contributed by atoms with Crippen LogP contribution in [-0.2, 0) is 6.42 Å². The molecule has 0 atom stereocenters. The topological polar surface area (TPSA) is 34.0 Å². The standard InChI is InChI=1S/C27H25ClN2O/c1-19-8-14-24(15-9-19)30-20(2)25(18-26(30)22-10-12-23(28)13-11-22)27(31)29-17-16-21-6-4-3-5-7-21/h3-15,18H,16-17H2,1-2H3,(H,29,31). The minimum atomic E-state index is -0.0606. The Labute approximate surface area is 188 Å². The van der Waals surface area contributed by atoms with Gasteiger partial charge < -0.3 is 9.88 Å². The molecule has 0 unspecified atom stereocenters. The SMILES string of the molecule is Cc1ccc(-n2c(-c3ccc(Cl)cc3)cc(C(=O)NCCc3ccccc3)c2C)cc1. The van der Waals surface area contributed by atoms with Crippen molar-refractivity contribution >= 4 is 17.5 Å². The quantitative estimate of drug-likeness (QED) is 0.379. The van der Waals surface area contributed by atoms with E-state index in [9.17, 15) is 4.79 Å². The van der Waals surface area contributed by atoms with Crippen LogP contribution in [-0.4, -0.2) is 17.0 Å². The van der Waals surface area contributed by atoms with Gasteiger partial charge in [-0.05, 0) is 61.7 Å². The summed E-state index contributed by atoms with van der Waals surface area (Å²) in [6.07, 6.45) is 0.800. The van der Waals surface area contributed by atoms with Gasteiger partial charge in [0, 0.05) is 22.9 Å². The fourth-order valence-electron chi connectivity index (χ4n) is 3.76. The summed E-state index contributed by atoms with van der Waals surface area (Å²) < 4.78 is 2.13. The second kappa shape index (κ2) is 9.23. The molecule has 0 spiro atoms. The molecule has 0 radical (unpaired) electrons. The molecule has 1 aromatic heterocycles. The van der Waals surface area contributed by atoms with Gasteiger partial charge >= 0.3 is 0 Å². The summed E-state index contributed by atoms with van der Waals surface area (Å²) in [4.78, 5) is 13.0. The number of hydrogen-bond donors (Lipinski definition) is 1. The van der Waals surface area contributed by atoms with Crippen molar-refractivity contribution in [2.45, 2.75) is 20.3 Å². The first kappa shape index (κ1) is 21.0. The van der Waals surface area contributed by atoms with Gasteiger partial charge in [0.25, 0.3) is 5.91 Å². The van der Waals surface area contributed by atoms with Crippen molar-refractivity contribution in [2.75, 3.05) is 6.54 Å². The first-order valence-electron chi connectivity index (χ1n) is 10.4. The van der Waals surface area contributed by atoms with E-state index in [4.69, 9.17) is 11.6 Å². The van der Waals surface area contributed by atoms with Crippen LogP contribution in [0.4, 0.5) is 0 Å². The molecule has 0 saturated heterocycles. The number of aromatic nitrogens is 1. The van der Waals surface area contributed by atoms with E-state index in [2.05, 4.69) is 53.2 Å². The largest absolute Gasteiger partial charge is 0.352 e. The number of benzene rings is 3. The molecule has 0 saturated carbocycles. The molecule has 3 aromatic carbocycles. The maximum atomic E-state index is 13.0. The first-order valence-corrected chi connectivity index (χ1v) is 10.8. The Morgan fingerprint density at radius 2 is 1.58 bits per heavy atom. The number of amides is 1. The molecule has 156 valence electrons. The molecule has 0 aliphatic carbocycles. The van der Waals surface area contributed by atoms with Crippen molar-refractivity contribution in [1.82, 2.24) is 9.88 Å². The molecule has 4 rings (SSSR count). The van der Waals surface area contributed by atoms with Gasteiger partial charge in [-0.1, -0.05) is 71.8 Å². The van der Waals surface area contributed by atoms with Crippen molar-refractivity contribution in [3.8, 4) is 16.9 Å². The molecule has 0 bridgehead atoms. The van der Waals surface area contributed by atoms with E-state index in [0.717, 1.165) is 29.1 Å². The molecule has 0 aliphatic rings. The van der Waals surface area contributed by atoms with Crippen molar-refractivity contribution in [1.29, 1.82) is 0 Å². The summed E-state index contributed by atoms with van der Waals surface area (Å²) in [5, 5.41) is 3.76. The highest BCUT2D eigenvalue weighted by Crippen LogP contribution is 2.30. The van der Waals surface area contributed by atoms with E-state index in [-0.39, 0.29) is 5.91 Å². The Kier molecular flexibility index (Phi) is 6.24. The Hall–Kier alpha value is -3.30. The molecule has 4 heteroatoms. The smallest absolute Gasteiger partial charge is 0.253 e. The van der Waals surface area contributed by atoms with Crippen molar-refractivity contribution in [3.05, 3.63) is 112 Å². The maximum Gasteiger partial charge on any atom is 0.253 e. The van der Waals surface area contributed by atoms with Gasteiger partial charge in [-0.25, -0.2) is 0 Å². The third-order valence-corrected chi connectivity index (χ3v) is 5.72. The molecule has 31 heavy (non-hydrogen) atoms. The van der Waals surface area contributed by atoms with Crippen molar-refractivity contribution < 1.29 is 4.79 Å². The Balaban J connectivity index is 1.66. The molecule has 1 N–H and O–H groups in total. The highest BCUT2D eigenvalue weighted by Gasteiger charge is 2.19. The van der Waals surface area contributed by atoms with Crippen molar-refractivity contribution in [2.24, 2.45) is 0 Å². The molecule has 3 nitrogen and oxygen atoms in total. The van der Waals surface area contributed by atoms with Gasteiger partial charge in [0.15, 0.2) is 0 Å². The average Bonchev–Trinajstić information content (AvgIpc) is 3.13. The molecular formula is C27H25ClN2O. The van der Waals surface area contributed by atoms with E-state index in [1.54, 1.807) is 0 Å². The number of nitrogens with one attached hydrogen (secondary N) is 1. The second-order valence-electron chi connectivity index (χ2n) is 7.70. The lowest BCUT2D eigenvalue weighted by Gasteiger charge is -2.13. The average molecular weight is 429 g/mol. The summed E-state index contributed by atoms with van der Waals surface area (Å²) in [6, 6.07) is 28.2. The van der Waals surface area contributed by atoms with Gasteiger partial charge in [-0.15, -0.1) is 0 Å². The van der Waals surface area contributed by atoms with E-state index in [1.807, 2.05) is 55.5 Å². The number of nitrogens with zero attached hydrogens (tertiary/aromatic N) is 1. The van der Waals surface area contributed by atoms with E-state index in [1.165, 1.54) is 11.1 Å². The van der Waals surface area contributed by atoms with Crippen LogP contribution < -0.4 is 5.32 Å². The van der Waals surface area contributed by atoms with Crippen LogP contribution in [0.5, 0.6) is 0 Å². The number of carbonyl (C=O) groups excluding carboxylic acids is 1. The van der Waals surface area contributed by atoms with Gasteiger partial charge in [-0.2, -0.15) is 0 Å². The zero-order chi connectivity index (χ0) is 21.8. The number of hydrogen-bond acceptors (Lipinski definition) is 1. The minimum absolute atomic E-state index is 0.0606. The lowest BCUT2D eigenvalue weighted by atomic mass is 10.1. The summed E-state index contributed by atoms with van der Waals surface area (Å²) in [5.41, 5.74) is 6.99. The Bertz CT molecular complexity index is 1180. The van der Waals surface area contributed by atoms with Crippen LogP contribution in [0.2, 0.25) is 5.02 Å². The molecule has 1 amide bonds. The molecule has 0 fully saturated rings. The number of halogens is 1. The van der Waals surface area contributed by atoms with Crippen LogP contribution in [0.3, 0.4) is 0 Å². The molecular weight excluding hydrogens is 404 g/mol. The summed E-state index contributed by atoms with van der Waals surface area (Å²) in [7, 11) is 0. The zero-order valence-electron chi connectivity index (χ0n) is 17.7. The monoisotopic (exact) mass is 428 g/mol. The minimum Gasteiger partial charge on any atom is -0.352 e. The molecule has 4 aromatic rings. The summed E-state index contributed by atoms with van der Waals surface area (Å²) in [6.45, 7) is 4.65. The third kappa shape index (κ3) is 4.73. The predicted octanol–water partition coefficient (Wildman–Crippen LogP) is 6.39. The van der Waals surface area contributed by atoms with Gasteiger partial charge in [0.1, 0.15) is 0 Å². The lowest BCUT2D eigenvalue weighted by Crippen LogP contribution is -2.26. The normalized spacial score (nSPS) is 10.8. The number of aryl methyl sites for hydroxylation is 1. The van der Waals surface area contributed by atoms with Gasteiger partial charge in [0.05, 0.1) is 11.3 Å². The van der Waals surface area contributed by atoms with Crippen LogP contribution in [0.15, 0.2) is 84.9 Å². The Morgan fingerprint density at radius 3 is 2.26 bits per heavy atom. The lowest BCUT2D eigenvalue weighted by molar-refractivity contribution is 0.0953. The first-order chi connectivity index (χ1) is 15.0. The molecule has 0 aliphatic heterocycles.